The molecule has 3 rings (SSSR count). The summed E-state index contributed by atoms with van der Waals surface area (Å²) in [6.07, 6.45) is -0.662. The third-order valence-corrected chi connectivity index (χ3v) is 3.48. The van der Waals surface area contributed by atoms with Crippen LogP contribution in [0, 0.1) is 25.5 Å². The summed E-state index contributed by atoms with van der Waals surface area (Å²) in [5.74, 6) is -0.496. The quantitative estimate of drug-likeness (QED) is 0.845. The molecule has 0 spiro atoms. The van der Waals surface area contributed by atoms with Crippen LogP contribution in [-0.2, 0) is 0 Å². The lowest BCUT2D eigenvalue weighted by Crippen LogP contribution is -2.26. The Morgan fingerprint density at radius 2 is 1.85 bits per heavy atom. The maximum atomic E-state index is 13.8. The second-order valence-corrected chi connectivity index (χ2v) is 5.08. The third kappa shape index (κ3) is 2.11. The fraction of sp³-hybridized carbons (Fsp3) is 0.250. The summed E-state index contributed by atoms with van der Waals surface area (Å²) < 4.78 is 33.5. The molecule has 1 N–H and O–H groups in total. The zero-order valence-corrected chi connectivity index (χ0v) is 11.3. The zero-order valence-electron chi connectivity index (χ0n) is 11.3. The molecule has 2 nitrogen and oxygen atoms in total. The van der Waals surface area contributed by atoms with Gasteiger partial charge in [0.15, 0.2) is 0 Å². The number of fused-ring (bicyclic) bond motifs is 1. The van der Waals surface area contributed by atoms with E-state index in [2.05, 4.69) is 5.32 Å². The van der Waals surface area contributed by atoms with Gasteiger partial charge in [0.1, 0.15) is 23.5 Å². The van der Waals surface area contributed by atoms with Gasteiger partial charge in [-0.2, -0.15) is 0 Å². The van der Waals surface area contributed by atoms with E-state index in [9.17, 15) is 8.78 Å². The van der Waals surface area contributed by atoms with Crippen LogP contribution in [0.5, 0.6) is 5.75 Å². The molecule has 0 saturated heterocycles. The summed E-state index contributed by atoms with van der Waals surface area (Å²) in [5.41, 5.74) is 2.92. The SMILES string of the molecule is Cc1cc(C)c2c(c1)NCC(c1c(F)cccc1F)O2. The molecule has 0 saturated carbocycles. The molecule has 20 heavy (non-hydrogen) atoms. The number of hydrogen-bond acceptors (Lipinski definition) is 2. The van der Waals surface area contributed by atoms with Gasteiger partial charge in [-0.15, -0.1) is 0 Å². The van der Waals surface area contributed by atoms with Crippen molar-refractivity contribution in [3.8, 4) is 5.75 Å². The van der Waals surface area contributed by atoms with Crippen LogP contribution in [0.25, 0.3) is 0 Å². The van der Waals surface area contributed by atoms with E-state index in [0.29, 0.717) is 12.3 Å². The van der Waals surface area contributed by atoms with Crippen LogP contribution in [0.2, 0.25) is 0 Å². The summed E-state index contributed by atoms with van der Waals surface area (Å²) >= 11 is 0. The Morgan fingerprint density at radius 3 is 2.55 bits per heavy atom. The van der Waals surface area contributed by atoms with Gasteiger partial charge in [0, 0.05) is 0 Å². The molecule has 1 atom stereocenters. The van der Waals surface area contributed by atoms with Crippen LogP contribution < -0.4 is 10.1 Å². The number of anilines is 1. The molecular weight excluding hydrogens is 260 g/mol. The Balaban J connectivity index is 2.00. The predicted molar refractivity (Wildman–Crippen MR) is 74.1 cm³/mol. The lowest BCUT2D eigenvalue weighted by Gasteiger charge is -2.29. The van der Waals surface area contributed by atoms with E-state index >= 15 is 0 Å². The fourth-order valence-electron chi connectivity index (χ4n) is 2.61. The van der Waals surface area contributed by atoms with Crippen molar-refractivity contribution in [3.05, 3.63) is 58.7 Å². The number of rotatable bonds is 1. The summed E-state index contributed by atoms with van der Waals surface area (Å²) in [7, 11) is 0. The van der Waals surface area contributed by atoms with Crippen LogP contribution in [0.1, 0.15) is 22.8 Å². The fourth-order valence-corrected chi connectivity index (χ4v) is 2.61. The first-order valence-electron chi connectivity index (χ1n) is 6.52. The third-order valence-electron chi connectivity index (χ3n) is 3.48. The van der Waals surface area contributed by atoms with Crippen molar-refractivity contribution in [1.29, 1.82) is 0 Å². The first kappa shape index (κ1) is 12.9. The van der Waals surface area contributed by atoms with E-state index in [4.69, 9.17) is 4.74 Å². The van der Waals surface area contributed by atoms with E-state index in [1.807, 2.05) is 26.0 Å². The topological polar surface area (TPSA) is 21.3 Å². The lowest BCUT2D eigenvalue weighted by atomic mass is 10.0. The minimum atomic E-state index is -0.662. The monoisotopic (exact) mass is 275 g/mol. The number of hydrogen-bond donors (Lipinski definition) is 1. The van der Waals surface area contributed by atoms with E-state index in [-0.39, 0.29) is 5.56 Å². The van der Waals surface area contributed by atoms with Gasteiger partial charge in [-0.05, 0) is 43.2 Å². The minimum Gasteiger partial charge on any atom is -0.481 e. The van der Waals surface area contributed by atoms with Crippen LogP contribution in [-0.4, -0.2) is 6.54 Å². The first-order chi connectivity index (χ1) is 9.56. The number of aryl methyl sites for hydroxylation is 2. The average molecular weight is 275 g/mol. The largest absolute Gasteiger partial charge is 0.481 e. The second-order valence-electron chi connectivity index (χ2n) is 5.08. The molecule has 2 aromatic rings. The second kappa shape index (κ2) is 4.78. The Bertz CT molecular complexity index is 650. The highest BCUT2D eigenvalue weighted by atomic mass is 19.1. The number of nitrogens with one attached hydrogen (secondary N) is 1. The maximum Gasteiger partial charge on any atom is 0.147 e. The average Bonchev–Trinajstić information content (AvgIpc) is 2.39. The summed E-state index contributed by atoms with van der Waals surface area (Å²) in [5, 5.41) is 3.19. The molecule has 1 aliphatic rings. The Kier molecular flexibility index (Phi) is 3.08. The number of ether oxygens (including phenoxy) is 1. The highest BCUT2D eigenvalue weighted by Crippen LogP contribution is 2.38. The predicted octanol–water partition coefficient (Wildman–Crippen LogP) is 4.13. The molecule has 1 heterocycles. The number of benzene rings is 2. The lowest BCUT2D eigenvalue weighted by molar-refractivity contribution is 0.198. The Labute approximate surface area is 116 Å². The molecule has 0 amide bonds. The van der Waals surface area contributed by atoms with E-state index < -0.39 is 17.7 Å². The Morgan fingerprint density at radius 1 is 1.15 bits per heavy atom. The van der Waals surface area contributed by atoms with Gasteiger partial charge < -0.3 is 10.1 Å². The van der Waals surface area contributed by atoms with Gasteiger partial charge >= 0.3 is 0 Å². The van der Waals surface area contributed by atoms with Crippen LogP contribution in [0.3, 0.4) is 0 Å². The van der Waals surface area contributed by atoms with Crippen molar-refractivity contribution >= 4 is 5.69 Å². The summed E-state index contributed by atoms with van der Waals surface area (Å²) in [4.78, 5) is 0. The van der Waals surface area contributed by atoms with Crippen molar-refractivity contribution in [2.75, 3.05) is 11.9 Å². The van der Waals surface area contributed by atoms with Crippen LogP contribution in [0.4, 0.5) is 14.5 Å². The Hall–Kier alpha value is -2.10. The normalized spacial score (nSPS) is 17.1. The maximum absolute atomic E-state index is 13.8. The molecule has 0 fully saturated rings. The standard InChI is InChI=1S/C16H15F2NO/c1-9-6-10(2)16-13(7-9)19-8-14(20-16)15-11(17)4-3-5-12(15)18/h3-7,14,19H,8H2,1-2H3. The van der Waals surface area contributed by atoms with Crippen LogP contribution in [0.15, 0.2) is 30.3 Å². The highest BCUT2D eigenvalue weighted by Gasteiger charge is 2.27. The number of halogens is 2. The minimum absolute atomic E-state index is 0.0226. The van der Waals surface area contributed by atoms with Gasteiger partial charge in [-0.3, -0.25) is 0 Å². The van der Waals surface area contributed by atoms with Crippen molar-refractivity contribution in [1.82, 2.24) is 0 Å². The summed E-state index contributed by atoms with van der Waals surface area (Å²) in [6.45, 7) is 4.26. The molecule has 1 aliphatic heterocycles. The molecule has 104 valence electrons. The van der Waals surface area contributed by atoms with E-state index in [1.165, 1.54) is 18.2 Å². The molecule has 1 unspecified atom stereocenters. The van der Waals surface area contributed by atoms with Gasteiger partial charge in [-0.25, -0.2) is 8.78 Å². The molecular formula is C16H15F2NO. The van der Waals surface area contributed by atoms with Crippen molar-refractivity contribution in [2.45, 2.75) is 20.0 Å². The molecule has 0 aromatic heterocycles. The zero-order chi connectivity index (χ0) is 14.3. The molecule has 0 aliphatic carbocycles. The smallest absolute Gasteiger partial charge is 0.147 e. The molecule has 0 radical (unpaired) electrons. The van der Waals surface area contributed by atoms with Crippen molar-refractivity contribution < 1.29 is 13.5 Å². The van der Waals surface area contributed by atoms with Crippen molar-refractivity contribution in [2.24, 2.45) is 0 Å². The first-order valence-corrected chi connectivity index (χ1v) is 6.52. The highest BCUT2D eigenvalue weighted by molar-refractivity contribution is 5.63. The van der Waals surface area contributed by atoms with E-state index in [1.54, 1.807) is 0 Å². The van der Waals surface area contributed by atoms with Gasteiger partial charge in [-0.1, -0.05) is 12.1 Å². The van der Waals surface area contributed by atoms with Gasteiger partial charge in [0.25, 0.3) is 0 Å². The van der Waals surface area contributed by atoms with Gasteiger partial charge in [0.05, 0.1) is 17.8 Å². The summed E-state index contributed by atoms with van der Waals surface area (Å²) in [6, 6.07) is 7.81. The van der Waals surface area contributed by atoms with Crippen LogP contribution >= 0.6 is 0 Å². The van der Waals surface area contributed by atoms with Crippen molar-refractivity contribution in [3.63, 3.8) is 0 Å². The molecule has 2 aromatic carbocycles. The van der Waals surface area contributed by atoms with E-state index in [0.717, 1.165) is 16.8 Å². The molecule has 0 bridgehead atoms. The van der Waals surface area contributed by atoms with Gasteiger partial charge in [0.2, 0.25) is 0 Å². The molecule has 4 heteroatoms.